The summed E-state index contributed by atoms with van der Waals surface area (Å²) in [7, 11) is 0. The molecule has 0 bridgehead atoms. The van der Waals surface area contributed by atoms with E-state index in [1.165, 1.54) is 19.3 Å². The van der Waals surface area contributed by atoms with E-state index in [1.54, 1.807) is 11.8 Å². The Hall–Kier alpha value is -2.28. The van der Waals surface area contributed by atoms with E-state index >= 15 is 0 Å². The summed E-state index contributed by atoms with van der Waals surface area (Å²) in [6.07, 6.45) is 5.23. The SMILES string of the molecule is CCOC(Cc1ccc(OCCN(CC2CCCCC2)C(=O)OCC(C)(C)C)cc1)C(=O)O. The molecule has 1 saturated carbocycles. The van der Waals surface area contributed by atoms with Crippen LogP contribution in [0.25, 0.3) is 0 Å². The van der Waals surface area contributed by atoms with Crippen LogP contribution in [-0.2, 0) is 20.7 Å². The smallest absolute Gasteiger partial charge is 0.409 e. The molecule has 7 nitrogen and oxygen atoms in total. The summed E-state index contributed by atoms with van der Waals surface area (Å²) in [6, 6.07) is 7.34. The molecule has 0 aromatic heterocycles. The highest BCUT2D eigenvalue weighted by molar-refractivity contribution is 5.72. The lowest BCUT2D eigenvalue weighted by Gasteiger charge is -2.30. The number of ether oxygens (including phenoxy) is 3. The third-order valence-corrected chi connectivity index (χ3v) is 5.71. The molecule has 1 unspecified atom stereocenters. The van der Waals surface area contributed by atoms with Crippen LogP contribution in [0.1, 0.15) is 65.4 Å². The van der Waals surface area contributed by atoms with Crippen LogP contribution < -0.4 is 4.74 Å². The minimum Gasteiger partial charge on any atom is -0.492 e. The van der Waals surface area contributed by atoms with Gasteiger partial charge >= 0.3 is 12.1 Å². The molecule has 1 amide bonds. The maximum Gasteiger partial charge on any atom is 0.409 e. The topological polar surface area (TPSA) is 85.3 Å². The molecule has 1 fully saturated rings. The lowest BCUT2D eigenvalue weighted by molar-refractivity contribution is -0.149. The summed E-state index contributed by atoms with van der Waals surface area (Å²) < 4.78 is 16.7. The number of carbonyl (C=O) groups is 2. The van der Waals surface area contributed by atoms with Crippen molar-refractivity contribution in [3.63, 3.8) is 0 Å². The van der Waals surface area contributed by atoms with E-state index in [1.807, 2.05) is 45.0 Å². The number of rotatable bonds is 12. The summed E-state index contributed by atoms with van der Waals surface area (Å²) in [5.74, 6) is 0.240. The normalized spacial score (nSPS) is 15.6. The summed E-state index contributed by atoms with van der Waals surface area (Å²) >= 11 is 0. The average molecular weight is 464 g/mol. The number of carboxylic acids is 1. The Kier molecular flexibility index (Phi) is 11.0. The minimum atomic E-state index is -0.964. The second-order valence-corrected chi connectivity index (χ2v) is 10.0. The van der Waals surface area contributed by atoms with Gasteiger partial charge < -0.3 is 24.2 Å². The number of amides is 1. The maximum absolute atomic E-state index is 12.7. The van der Waals surface area contributed by atoms with Crippen LogP contribution >= 0.6 is 0 Å². The van der Waals surface area contributed by atoms with Gasteiger partial charge in [-0.15, -0.1) is 0 Å². The Morgan fingerprint density at radius 2 is 1.79 bits per heavy atom. The fourth-order valence-corrected chi connectivity index (χ4v) is 3.94. The Morgan fingerprint density at radius 3 is 2.36 bits per heavy atom. The van der Waals surface area contributed by atoms with E-state index in [2.05, 4.69) is 0 Å². The van der Waals surface area contributed by atoms with Crippen LogP contribution in [0.15, 0.2) is 24.3 Å². The summed E-state index contributed by atoms with van der Waals surface area (Å²) in [4.78, 5) is 25.8. The van der Waals surface area contributed by atoms with Crippen LogP contribution in [0.2, 0.25) is 0 Å². The van der Waals surface area contributed by atoms with Crippen molar-refractivity contribution in [1.29, 1.82) is 0 Å². The predicted molar refractivity (Wildman–Crippen MR) is 128 cm³/mol. The van der Waals surface area contributed by atoms with Crippen molar-refractivity contribution < 1.29 is 28.9 Å². The van der Waals surface area contributed by atoms with Gasteiger partial charge in [0.15, 0.2) is 6.10 Å². The van der Waals surface area contributed by atoms with E-state index < -0.39 is 12.1 Å². The first-order chi connectivity index (χ1) is 15.7. The highest BCUT2D eigenvalue weighted by Gasteiger charge is 2.24. The number of carbonyl (C=O) groups excluding carboxylic acids is 1. The lowest BCUT2D eigenvalue weighted by Crippen LogP contribution is -2.40. The van der Waals surface area contributed by atoms with Gasteiger partial charge in [0.25, 0.3) is 0 Å². The molecular weight excluding hydrogens is 422 g/mol. The molecule has 1 N–H and O–H groups in total. The molecule has 1 atom stereocenters. The quantitative estimate of drug-likeness (QED) is 0.461. The van der Waals surface area contributed by atoms with Crippen LogP contribution in [0, 0.1) is 11.3 Å². The van der Waals surface area contributed by atoms with E-state index in [0.29, 0.717) is 51.0 Å². The van der Waals surface area contributed by atoms with E-state index in [0.717, 1.165) is 18.4 Å². The van der Waals surface area contributed by atoms with Crippen LogP contribution in [-0.4, -0.2) is 61.1 Å². The van der Waals surface area contributed by atoms with Gasteiger partial charge in [-0.05, 0) is 48.8 Å². The second-order valence-electron chi connectivity index (χ2n) is 10.0. The molecule has 1 aromatic rings. The number of nitrogens with zero attached hydrogens (tertiary/aromatic N) is 1. The largest absolute Gasteiger partial charge is 0.492 e. The number of carboxylic acid groups (broad SMARTS) is 1. The van der Waals surface area contributed by atoms with E-state index in [4.69, 9.17) is 14.2 Å². The first kappa shape index (κ1) is 27.0. The van der Waals surface area contributed by atoms with Gasteiger partial charge in [0.05, 0.1) is 13.2 Å². The van der Waals surface area contributed by atoms with Crippen LogP contribution in [0.5, 0.6) is 5.75 Å². The van der Waals surface area contributed by atoms with Crippen molar-refractivity contribution in [1.82, 2.24) is 4.90 Å². The van der Waals surface area contributed by atoms with Crippen molar-refractivity contribution in [2.75, 3.05) is 32.9 Å². The third-order valence-electron chi connectivity index (χ3n) is 5.71. The Balaban J connectivity index is 1.89. The molecule has 0 saturated heterocycles. The maximum atomic E-state index is 12.7. The average Bonchev–Trinajstić information content (AvgIpc) is 2.77. The predicted octanol–water partition coefficient (Wildman–Crippen LogP) is 5.16. The molecule has 1 aromatic carbocycles. The van der Waals surface area contributed by atoms with Crippen LogP contribution in [0.3, 0.4) is 0 Å². The molecule has 7 heteroatoms. The van der Waals surface area contributed by atoms with Crippen molar-refractivity contribution in [3.8, 4) is 5.75 Å². The molecule has 1 aliphatic carbocycles. The number of hydrogen-bond acceptors (Lipinski definition) is 5. The Bertz CT molecular complexity index is 721. The van der Waals surface area contributed by atoms with Gasteiger partial charge in [0.2, 0.25) is 0 Å². The van der Waals surface area contributed by atoms with Crippen LogP contribution in [0.4, 0.5) is 4.79 Å². The minimum absolute atomic E-state index is 0.0772. The number of aliphatic carboxylic acids is 1. The van der Waals surface area contributed by atoms with Gasteiger partial charge in [-0.1, -0.05) is 52.2 Å². The fourth-order valence-electron chi connectivity index (χ4n) is 3.94. The zero-order chi connectivity index (χ0) is 24.3. The summed E-state index contributed by atoms with van der Waals surface area (Å²) in [5.41, 5.74) is 0.791. The second kappa shape index (κ2) is 13.4. The van der Waals surface area contributed by atoms with Gasteiger partial charge in [0, 0.05) is 19.6 Å². The Morgan fingerprint density at radius 1 is 1.12 bits per heavy atom. The molecule has 0 radical (unpaired) electrons. The zero-order valence-corrected chi connectivity index (χ0v) is 20.7. The highest BCUT2D eigenvalue weighted by atomic mass is 16.6. The number of benzene rings is 1. The van der Waals surface area contributed by atoms with Crippen molar-refractivity contribution >= 4 is 12.1 Å². The third kappa shape index (κ3) is 10.5. The zero-order valence-electron chi connectivity index (χ0n) is 20.7. The van der Waals surface area contributed by atoms with Gasteiger partial charge in [-0.3, -0.25) is 0 Å². The Labute approximate surface area is 198 Å². The van der Waals surface area contributed by atoms with Crippen molar-refractivity contribution in [3.05, 3.63) is 29.8 Å². The number of hydrogen-bond donors (Lipinski definition) is 1. The monoisotopic (exact) mass is 463 g/mol. The first-order valence-electron chi connectivity index (χ1n) is 12.2. The molecule has 2 rings (SSSR count). The molecule has 0 aliphatic heterocycles. The fraction of sp³-hybridized carbons (Fsp3) is 0.692. The van der Waals surface area contributed by atoms with Gasteiger partial charge in [-0.2, -0.15) is 0 Å². The van der Waals surface area contributed by atoms with Gasteiger partial charge in [0.1, 0.15) is 12.4 Å². The van der Waals surface area contributed by atoms with E-state index in [-0.39, 0.29) is 11.5 Å². The van der Waals surface area contributed by atoms with Gasteiger partial charge in [-0.25, -0.2) is 9.59 Å². The van der Waals surface area contributed by atoms with Crippen molar-refractivity contribution in [2.45, 2.75) is 72.3 Å². The van der Waals surface area contributed by atoms with Crippen molar-refractivity contribution in [2.24, 2.45) is 11.3 Å². The highest BCUT2D eigenvalue weighted by Crippen LogP contribution is 2.25. The lowest BCUT2D eigenvalue weighted by atomic mass is 9.89. The molecule has 0 spiro atoms. The molecule has 0 heterocycles. The first-order valence-corrected chi connectivity index (χ1v) is 12.2. The molecule has 33 heavy (non-hydrogen) atoms. The summed E-state index contributed by atoms with van der Waals surface area (Å²) in [6.45, 7) is 10.2. The molecule has 1 aliphatic rings. The molecular formula is C26H41NO6. The standard InChI is InChI=1S/C26H41NO6/c1-5-31-23(24(28)29)17-20-11-13-22(14-12-20)32-16-15-27(18-21-9-7-6-8-10-21)25(30)33-19-26(2,3)4/h11-14,21,23H,5-10,15-19H2,1-4H3,(H,28,29). The summed E-state index contributed by atoms with van der Waals surface area (Å²) in [5, 5.41) is 9.24. The molecule has 186 valence electrons. The van der Waals surface area contributed by atoms with E-state index in [9.17, 15) is 14.7 Å².